The Hall–Kier alpha value is -3.74. The number of fused-ring (bicyclic) bond motifs is 3. The van der Waals surface area contributed by atoms with Crippen LogP contribution in [0.25, 0.3) is 11.0 Å². The fraction of sp³-hybridized carbons (Fsp3) is 0.364. The van der Waals surface area contributed by atoms with Crippen molar-refractivity contribution in [3.05, 3.63) is 52.5 Å². The summed E-state index contributed by atoms with van der Waals surface area (Å²) in [6.07, 6.45) is 0.328. The van der Waals surface area contributed by atoms with E-state index in [-0.39, 0.29) is 54.8 Å². The highest BCUT2D eigenvalue weighted by atomic mass is 32.1. The van der Waals surface area contributed by atoms with Gasteiger partial charge in [-0.05, 0) is 24.4 Å². The number of benzene rings is 1. The SMILES string of the molecule is COC(=S)NC[C@H]1CN(c2cc(F)c(N3CCn4c(=O)c5cccnc5n4CC3)c(F)c2)C(=O)O1. The average molecular weight is 505 g/mol. The summed E-state index contributed by atoms with van der Waals surface area (Å²) >= 11 is 4.89. The predicted molar refractivity (Wildman–Crippen MR) is 128 cm³/mol. The highest BCUT2D eigenvalue weighted by Crippen LogP contribution is 2.31. The normalized spacial score (nSPS) is 17.8. The van der Waals surface area contributed by atoms with E-state index in [0.29, 0.717) is 17.6 Å². The highest BCUT2D eigenvalue weighted by molar-refractivity contribution is 7.80. The average Bonchev–Trinajstić information content (AvgIpc) is 3.25. The largest absolute Gasteiger partial charge is 0.474 e. The van der Waals surface area contributed by atoms with Gasteiger partial charge in [-0.3, -0.25) is 14.4 Å². The Kier molecular flexibility index (Phi) is 6.01. The molecule has 3 aromatic rings. The van der Waals surface area contributed by atoms with Gasteiger partial charge >= 0.3 is 6.09 Å². The van der Waals surface area contributed by atoms with E-state index in [1.807, 2.05) is 0 Å². The number of halogens is 2. The Morgan fingerprint density at radius 2 is 1.91 bits per heavy atom. The Bertz CT molecular complexity index is 1350. The molecule has 5 rings (SSSR count). The van der Waals surface area contributed by atoms with E-state index in [1.54, 1.807) is 32.6 Å². The molecule has 184 valence electrons. The molecule has 0 radical (unpaired) electrons. The number of nitrogens with one attached hydrogen (secondary N) is 1. The minimum atomic E-state index is -0.808. The molecule has 0 unspecified atom stereocenters. The molecule has 13 heteroatoms. The molecule has 1 fully saturated rings. The lowest BCUT2D eigenvalue weighted by Gasteiger charge is -2.24. The van der Waals surface area contributed by atoms with Crippen LogP contribution in [0, 0.1) is 11.6 Å². The Balaban J connectivity index is 1.35. The third kappa shape index (κ3) is 4.16. The van der Waals surface area contributed by atoms with Crippen LogP contribution in [-0.4, -0.2) is 65.0 Å². The van der Waals surface area contributed by atoms with Crippen LogP contribution in [0.4, 0.5) is 25.0 Å². The number of pyridine rings is 1. The summed E-state index contributed by atoms with van der Waals surface area (Å²) < 4.78 is 43.8. The summed E-state index contributed by atoms with van der Waals surface area (Å²) in [7, 11) is 1.41. The number of thiocarbonyl (C=S) groups is 1. The molecule has 1 aromatic carbocycles. The van der Waals surface area contributed by atoms with Gasteiger partial charge in [0.2, 0.25) is 0 Å². The van der Waals surface area contributed by atoms with Crippen LogP contribution in [-0.2, 0) is 22.6 Å². The molecule has 0 saturated carbocycles. The van der Waals surface area contributed by atoms with E-state index in [0.717, 1.165) is 12.1 Å². The summed E-state index contributed by atoms with van der Waals surface area (Å²) in [5.41, 5.74) is 0.201. The van der Waals surface area contributed by atoms with Crippen LogP contribution in [0.2, 0.25) is 0 Å². The lowest BCUT2D eigenvalue weighted by molar-refractivity contribution is 0.142. The fourth-order valence-corrected chi connectivity index (χ4v) is 4.55. The fourth-order valence-electron chi connectivity index (χ4n) is 4.47. The molecule has 0 spiro atoms. The van der Waals surface area contributed by atoms with Crippen molar-refractivity contribution in [3.63, 3.8) is 0 Å². The van der Waals surface area contributed by atoms with Gasteiger partial charge < -0.3 is 19.7 Å². The summed E-state index contributed by atoms with van der Waals surface area (Å²) in [6.45, 7) is 1.36. The number of amides is 1. The maximum absolute atomic E-state index is 15.2. The van der Waals surface area contributed by atoms with E-state index >= 15 is 8.78 Å². The Morgan fingerprint density at radius 3 is 2.63 bits per heavy atom. The maximum Gasteiger partial charge on any atom is 0.414 e. The second-order valence-corrected chi connectivity index (χ2v) is 8.53. The van der Waals surface area contributed by atoms with Gasteiger partial charge in [-0.25, -0.2) is 23.2 Å². The zero-order chi connectivity index (χ0) is 24.7. The van der Waals surface area contributed by atoms with Crippen molar-refractivity contribution in [2.75, 3.05) is 43.1 Å². The van der Waals surface area contributed by atoms with E-state index in [2.05, 4.69) is 10.3 Å². The molecule has 4 heterocycles. The maximum atomic E-state index is 15.2. The third-order valence-corrected chi connectivity index (χ3v) is 6.42. The van der Waals surface area contributed by atoms with Crippen molar-refractivity contribution in [1.82, 2.24) is 19.7 Å². The lowest BCUT2D eigenvalue weighted by Crippen LogP contribution is -2.34. The van der Waals surface area contributed by atoms with Crippen molar-refractivity contribution in [2.24, 2.45) is 0 Å². The second kappa shape index (κ2) is 9.13. The van der Waals surface area contributed by atoms with E-state index in [1.165, 1.54) is 12.0 Å². The van der Waals surface area contributed by atoms with Gasteiger partial charge in [0, 0.05) is 31.4 Å². The van der Waals surface area contributed by atoms with Gasteiger partial charge in [0.05, 0.1) is 44.4 Å². The van der Waals surface area contributed by atoms with Gasteiger partial charge in [-0.2, -0.15) is 0 Å². The van der Waals surface area contributed by atoms with E-state index in [4.69, 9.17) is 21.7 Å². The first-order chi connectivity index (χ1) is 16.9. The number of carbonyl (C=O) groups is 1. The molecule has 1 amide bonds. The summed E-state index contributed by atoms with van der Waals surface area (Å²) in [6, 6.07) is 5.64. The minimum absolute atomic E-state index is 0.0538. The number of carbonyl (C=O) groups excluding carboxylic acids is 1. The summed E-state index contributed by atoms with van der Waals surface area (Å²) in [5.74, 6) is -1.62. The summed E-state index contributed by atoms with van der Waals surface area (Å²) in [4.78, 5) is 32.0. The molecule has 0 bridgehead atoms. The molecule has 0 aliphatic carbocycles. The Morgan fingerprint density at radius 1 is 1.20 bits per heavy atom. The van der Waals surface area contributed by atoms with Crippen LogP contribution in [0.15, 0.2) is 35.3 Å². The molecule has 2 aliphatic heterocycles. The number of hydrogen-bond acceptors (Lipinski definition) is 7. The minimum Gasteiger partial charge on any atom is -0.474 e. The van der Waals surface area contributed by atoms with Gasteiger partial charge in [-0.1, -0.05) is 0 Å². The monoisotopic (exact) mass is 504 g/mol. The molecular formula is C22H22F2N6O4S. The first-order valence-corrected chi connectivity index (χ1v) is 11.4. The van der Waals surface area contributed by atoms with Crippen molar-refractivity contribution >= 4 is 45.9 Å². The topological polar surface area (TPSA) is 93.9 Å². The zero-order valence-electron chi connectivity index (χ0n) is 18.7. The smallest absolute Gasteiger partial charge is 0.414 e. The molecular weight excluding hydrogens is 482 g/mol. The summed E-state index contributed by atoms with van der Waals surface area (Å²) in [5, 5.41) is 3.45. The first-order valence-electron chi connectivity index (χ1n) is 11.0. The van der Waals surface area contributed by atoms with Crippen LogP contribution >= 0.6 is 12.2 Å². The van der Waals surface area contributed by atoms with Crippen LogP contribution in [0.5, 0.6) is 0 Å². The molecule has 1 N–H and O–H groups in total. The molecule has 1 atom stereocenters. The van der Waals surface area contributed by atoms with Crippen LogP contribution in [0.1, 0.15) is 0 Å². The third-order valence-electron chi connectivity index (χ3n) is 6.11. The second-order valence-electron chi connectivity index (χ2n) is 8.16. The lowest BCUT2D eigenvalue weighted by atomic mass is 10.2. The molecule has 2 aromatic heterocycles. The van der Waals surface area contributed by atoms with E-state index < -0.39 is 23.8 Å². The standard InChI is InChI=1S/C22H22F2N6O4S/c1-33-21(35)26-11-14-12-28(22(32)34-14)13-9-16(23)18(17(24)10-13)27-5-7-29-19-15(3-2-4-25-19)20(31)30(29)8-6-27/h2-4,9-10,14H,5-8,11-12H2,1H3,(H,26,35)/t14-/m0/s1. The molecule has 10 nitrogen and oxygen atoms in total. The van der Waals surface area contributed by atoms with Gasteiger partial charge in [0.15, 0.2) is 17.3 Å². The molecule has 35 heavy (non-hydrogen) atoms. The van der Waals surface area contributed by atoms with E-state index in [9.17, 15) is 9.59 Å². The number of methoxy groups -OCH3 is 1. The van der Waals surface area contributed by atoms with Crippen LogP contribution in [0.3, 0.4) is 0 Å². The molecule has 2 aliphatic rings. The van der Waals surface area contributed by atoms with Crippen LogP contribution < -0.4 is 20.7 Å². The first kappa shape index (κ1) is 23.0. The van der Waals surface area contributed by atoms with Crippen molar-refractivity contribution in [2.45, 2.75) is 19.2 Å². The zero-order valence-corrected chi connectivity index (χ0v) is 19.6. The number of rotatable bonds is 4. The number of nitrogens with zero attached hydrogens (tertiary/aromatic N) is 5. The number of ether oxygens (including phenoxy) is 2. The van der Waals surface area contributed by atoms with Gasteiger partial charge in [-0.15, -0.1) is 0 Å². The number of anilines is 2. The quantitative estimate of drug-likeness (QED) is 0.538. The van der Waals surface area contributed by atoms with Crippen molar-refractivity contribution < 1.29 is 23.0 Å². The predicted octanol–water partition coefficient (Wildman–Crippen LogP) is 1.84. The number of aromatic nitrogens is 3. The number of hydrogen-bond donors (Lipinski definition) is 1. The molecule has 1 saturated heterocycles. The Labute approximate surface area is 203 Å². The highest BCUT2D eigenvalue weighted by Gasteiger charge is 2.34. The van der Waals surface area contributed by atoms with Crippen molar-refractivity contribution in [1.29, 1.82) is 0 Å². The van der Waals surface area contributed by atoms with Gasteiger partial charge in [0.25, 0.3) is 10.7 Å². The van der Waals surface area contributed by atoms with Crippen molar-refractivity contribution in [3.8, 4) is 0 Å². The van der Waals surface area contributed by atoms with Gasteiger partial charge in [0.1, 0.15) is 11.8 Å². The number of cyclic esters (lactones) is 1.